The molecule has 33 heavy (non-hydrogen) atoms. The number of amides is 1. The van der Waals surface area contributed by atoms with Crippen LogP contribution in [0.2, 0.25) is 0 Å². The molecule has 1 amide bonds. The molecule has 0 saturated carbocycles. The Morgan fingerprint density at radius 2 is 1.67 bits per heavy atom. The summed E-state index contributed by atoms with van der Waals surface area (Å²) in [5, 5.41) is 0. The summed E-state index contributed by atoms with van der Waals surface area (Å²) in [6.07, 6.45) is -3.87. The molecule has 5 rings (SSSR count). The summed E-state index contributed by atoms with van der Waals surface area (Å²) in [5.41, 5.74) is -0.595. The van der Waals surface area contributed by atoms with Crippen LogP contribution in [0.4, 0.5) is 13.2 Å². The Labute approximate surface area is 189 Å². The van der Waals surface area contributed by atoms with Gasteiger partial charge in [-0.05, 0) is 48.5 Å². The van der Waals surface area contributed by atoms with E-state index >= 15 is 0 Å². The molecule has 1 fully saturated rings. The highest BCUT2D eigenvalue weighted by molar-refractivity contribution is 7.79. The van der Waals surface area contributed by atoms with Gasteiger partial charge in [0.25, 0.3) is 5.91 Å². The third-order valence-corrected chi connectivity index (χ3v) is 6.89. The maximum Gasteiger partial charge on any atom is 0.431 e. The van der Waals surface area contributed by atoms with Crippen LogP contribution in [0.25, 0.3) is 5.69 Å². The van der Waals surface area contributed by atoms with Crippen molar-refractivity contribution < 1.29 is 31.5 Å². The van der Waals surface area contributed by atoms with Crippen LogP contribution in [0.1, 0.15) is 34.6 Å². The summed E-state index contributed by atoms with van der Waals surface area (Å²) in [4.78, 5) is 14.7. The number of hydrogen-bond donors (Lipinski definition) is 1. The van der Waals surface area contributed by atoms with Crippen LogP contribution in [-0.2, 0) is 22.9 Å². The summed E-state index contributed by atoms with van der Waals surface area (Å²) in [6, 6.07) is 15.0. The van der Waals surface area contributed by atoms with Gasteiger partial charge in [-0.15, -0.1) is 0 Å². The molecule has 3 heterocycles. The van der Waals surface area contributed by atoms with Crippen molar-refractivity contribution in [3.05, 3.63) is 77.6 Å². The number of fused-ring (bicyclic) bond motifs is 4. The SMILES string of the molecule is O=C(c1ccc(S(=O)O)cc1)N1CCC2(CC1)Oc1ccccc1-n1c(C(F)(F)F)ccc12. The second-order valence-corrected chi connectivity index (χ2v) is 9.04. The van der Waals surface area contributed by atoms with Crippen LogP contribution < -0.4 is 4.74 Å². The lowest BCUT2D eigenvalue weighted by atomic mass is 9.86. The Morgan fingerprint density at radius 3 is 2.30 bits per heavy atom. The fourth-order valence-electron chi connectivity index (χ4n) is 4.59. The van der Waals surface area contributed by atoms with Gasteiger partial charge in [-0.3, -0.25) is 4.79 Å². The topological polar surface area (TPSA) is 71.8 Å². The monoisotopic (exact) mass is 476 g/mol. The van der Waals surface area contributed by atoms with Crippen molar-refractivity contribution in [1.82, 2.24) is 9.47 Å². The van der Waals surface area contributed by atoms with Gasteiger partial charge in [-0.2, -0.15) is 13.2 Å². The van der Waals surface area contributed by atoms with E-state index in [0.29, 0.717) is 48.6 Å². The quantitative estimate of drug-likeness (QED) is 0.549. The van der Waals surface area contributed by atoms with E-state index in [4.69, 9.17) is 9.29 Å². The minimum absolute atomic E-state index is 0.194. The van der Waals surface area contributed by atoms with E-state index in [-0.39, 0.29) is 10.8 Å². The summed E-state index contributed by atoms with van der Waals surface area (Å²) < 4.78 is 69.0. The molecule has 0 bridgehead atoms. The highest BCUT2D eigenvalue weighted by Crippen LogP contribution is 2.48. The van der Waals surface area contributed by atoms with Crippen molar-refractivity contribution in [2.45, 2.75) is 29.5 Å². The van der Waals surface area contributed by atoms with Crippen molar-refractivity contribution in [2.24, 2.45) is 0 Å². The molecule has 0 radical (unpaired) electrons. The first-order valence-electron chi connectivity index (χ1n) is 10.3. The zero-order chi connectivity index (χ0) is 23.4. The first-order chi connectivity index (χ1) is 15.7. The first-order valence-corrected chi connectivity index (χ1v) is 11.4. The van der Waals surface area contributed by atoms with E-state index < -0.39 is 28.6 Å². The van der Waals surface area contributed by atoms with E-state index in [1.54, 1.807) is 29.2 Å². The normalized spacial score (nSPS) is 17.8. The molecule has 0 aliphatic carbocycles. The minimum Gasteiger partial charge on any atom is -0.479 e. The number of alkyl halides is 3. The van der Waals surface area contributed by atoms with Gasteiger partial charge >= 0.3 is 6.18 Å². The van der Waals surface area contributed by atoms with Gasteiger partial charge in [0, 0.05) is 31.5 Å². The maximum atomic E-state index is 13.7. The minimum atomic E-state index is -4.52. The van der Waals surface area contributed by atoms with Crippen molar-refractivity contribution in [2.75, 3.05) is 13.1 Å². The number of ether oxygens (including phenoxy) is 1. The number of hydrogen-bond acceptors (Lipinski definition) is 3. The van der Waals surface area contributed by atoms with Crippen molar-refractivity contribution in [1.29, 1.82) is 0 Å². The number of likely N-dealkylation sites (tertiary alicyclic amines) is 1. The van der Waals surface area contributed by atoms with Gasteiger partial charge in [0.2, 0.25) is 0 Å². The molecule has 1 atom stereocenters. The molecule has 6 nitrogen and oxygen atoms in total. The molecule has 3 aromatic rings. The Morgan fingerprint density at radius 1 is 1.00 bits per heavy atom. The Kier molecular flexibility index (Phi) is 5.09. The Bertz CT molecular complexity index is 1250. The lowest BCUT2D eigenvalue weighted by molar-refractivity contribution is -0.143. The standard InChI is InChI=1S/C23H19F3N2O4S/c24-23(25,26)20-10-9-19-22(32-18-4-2-1-3-17(18)28(19)20)11-13-27(14-12-22)21(29)15-5-7-16(8-6-15)33(30)31/h1-10H,11-14H2,(H,30,31). The zero-order valence-electron chi connectivity index (χ0n) is 17.2. The summed E-state index contributed by atoms with van der Waals surface area (Å²) >= 11 is -2.13. The molecular formula is C23H19F3N2O4S. The van der Waals surface area contributed by atoms with E-state index in [1.165, 1.54) is 34.9 Å². The molecule has 1 unspecified atom stereocenters. The van der Waals surface area contributed by atoms with Gasteiger partial charge in [0.15, 0.2) is 16.7 Å². The molecular weight excluding hydrogens is 457 g/mol. The molecule has 1 aromatic heterocycles. The molecule has 1 saturated heterocycles. The molecule has 2 aromatic carbocycles. The van der Waals surface area contributed by atoms with Gasteiger partial charge < -0.3 is 18.8 Å². The first kappa shape index (κ1) is 21.7. The van der Waals surface area contributed by atoms with Crippen molar-refractivity contribution in [3.8, 4) is 11.4 Å². The van der Waals surface area contributed by atoms with Crippen LogP contribution in [0.3, 0.4) is 0 Å². The van der Waals surface area contributed by atoms with Crippen LogP contribution >= 0.6 is 0 Å². The van der Waals surface area contributed by atoms with Gasteiger partial charge in [-0.25, -0.2) is 4.21 Å². The summed E-state index contributed by atoms with van der Waals surface area (Å²) in [5.74, 6) is 0.127. The number of nitrogens with zero attached hydrogens (tertiary/aromatic N) is 2. The number of carbonyl (C=O) groups is 1. The third kappa shape index (κ3) is 3.63. The molecule has 10 heteroatoms. The van der Waals surface area contributed by atoms with E-state index in [9.17, 15) is 22.2 Å². The number of carbonyl (C=O) groups excluding carboxylic acids is 1. The lowest BCUT2D eigenvalue weighted by Crippen LogP contribution is -2.50. The molecule has 1 N–H and O–H groups in total. The number of piperidine rings is 1. The van der Waals surface area contributed by atoms with E-state index in [2.05, 4.69) is 0 Å². The van der Waals surface area contributed by atoms with Crippen LogP contribution in [0.5, 0.6) is 5.75 Å². The lowest BCUT2D eigenvalue weighted by Gasteiger charge is -2.45. The summed E-state index contributed by atoms with van der Waals surface area (Å²) in [6.45, 7) is 0.586. The third-order valence-electron chi connectivity index (χ3n) is 6.21. The predicted molar refractivity (Wildman–Crippen MR) is 114 cm³/mol. The summed E-state index contributed by atoms with van der Waals surface area (Å²) in [7, 11) is 0. The average molecular weight is 476 g/mol. The molecule has 2 aliphatic heterocycles. The Hall–Kier alpha value is -3.11. The number of benzene rings is 2. The fourth-order valence-corrected chi connectivity index (χ4v) is 4.96. The highest BCUT2D eigenvalue weighted by atomic mass is 32.2. The predicted octanol–water partition coefficient (Wildman–Crippen LogP) is 4.60. The number of rotatable bonds is 2. The van der Waals surface area contributed by atoms with Crippen molar-refractivity contribution in [3.63, 3.8) is 0 Å². The largest absolute Gasteiger partial charge is 0.479 e. The zero-order valence-corrected chi connectivity index (χ0v) is 18.0. The fraction of sp³-hybridized carbons (Fsp3) is 0.261. The number of halogens is 3. The smallest absolute Gasteiger partial charge is 0.431 e. The van der Waals surface area contributed by atoms with Gasteiger partial charge in [-0.1, -0.05) is 12.1 Å². The van der Waals surface area contributed by atoms with Gasteiger partial charge in [0.05, 0.1) is 16.3 Å². The molecule has 2 aliphatic rings. The number of para-hydroxylation sites is 2. The van der Waals surface area contributed by atoms with Gasteiger partial charge in [0.1, 0.15) is 11.4 Å². The van der Waals surface area contributed by atoms with Crippen LogP contribution in [0.15, 0.2) is 65.6 Å². The average Bonchev–Trinajstić information content (AvgIpc) is 3.27. The Balaban J connectivity index is 1.44. The second-order valence-electron chi connectivity index (χ2n) is 8.07. The molecule has 172 valence electrons. The van der Waals surface area contributed by atoms with Crippen LogP contribution in [-0.4, -0.2) is 37.2 Å². The van der Waals surface area contributed by atoms with E-state index in [0.717, 1.165) is 6.07 Å². The molecule has 1 spiro atoms. The van der Waals surface area contributed by atoms with Crippen molar-refractivity contribution >= 4 is 17.0 Å². The number of aromatic nitrogens is 1. The van der Waals surface area contributed by atoms with E-state index in [1.807, 2.05) is 0 Å². The highest BCUT2D eigenvalue weighted by Gasteiger charge is 2.48. The maximum absolute atomic E-state index is 13.7. The van der Waals surface area contributed by atoms with Crippen LogP contribution in [0, 0.1) is 0 Å². The second kappa shape index (κ2) is 7.74.